The van der Waals surface area contributed by atoms with Crippen molar-refractivity contribution in [2.24, 2.45) is 29.1 Å². The predicted octanol–water partition coefficient (Wildman–Crippen LogP) is 3.32. The van der Waals surface area contributed by atoms with Crippen molar-refractivity contribution in [3.63, 3.8) is 0 Å². The minimum Gasteiger partial charge on any atom is -0.458 e. The topological polar surface area (TPSA) is 52.6 Å². The summed E-state index contributed by atoms with van der Waals surface area (Å²) in [6.45, 7) is 12.9. The Morgan fingerprint density at radius 1 is 1.46 bits per heavy atom. The molecular weight excluding hydrogens is 304 g/mol. The largest absolute Gasteiger partial charge is 0.458 e. The van der Waals surface area contributed by atoms with E-state index in [1.165, 1.54) is 0 Å². The second-order valence-corrected chi connectivity index (χ2v) is 8.01. The van der Waals surface area contributed by atoms with Gasteiger partial charge in [0, 0.05) is 12.2 Å². The van der Waals surface area contributed by atoms with Crippen LogP contribution in [0.3, 0.4) is 0 Å². The molecular formula is C20H28O4. The van der Waals surface area contributed by atoms with Crippen molar-refractivity contribution in [2.75, 3.05) is 6.61 Å². The van der Waals surface area contributed by atoms with E-state index in [1.54, 1.807) is 6.08 Å². The molecule has 0 aromatic carbocycles. The Balaban J connectivity index is 2.01. The van der Waals surface area contributed by atoms with E-state index >= 15 is 0 Å². The lowest BCUT2D eigenvalue weighted by Gasteiger charge is -2.40. The molecule has 1 saturated heterocycles. The molecule has 7 unspecified atom stereocenters. The lowest BCUT2D eigenvalue weighted by Crippen LogP contribution is -2.49. The number of ether oxygens (including phenoxy) is 2. The zero-order valence-corrected chi connectivity index (χ0v) is 15.1. The number of allylic oxidation sites excluding steroid dienone is 2. The van der Waals surface area contributed by atoms with Gasteiger partial charge in [0.2, 0.25) is 0 Å². The van der Waals surface area contributed by atoms with E-state index in [0.29, 0.717) is 18.1 Å². The Kier molecular flexibility index (Phi) is 4.45. The second-order valence-electron chi connectivity index (χ2n) is 8.01. The highest BCUT2D eigenvalue weighted by atomic mass is 16.6. The number of hydrogen-bond donors (Lipinski definition) is 0. The first kappa shape index (κ1) is 17.4. The number of esters is 1. The minimum atomic E-state index is -0.650. The van der Waals surface area contributed by atoms with Gasteiger partial charge in [-0.1, -0.05) is 39.8 Å². The van der Waals surface area contributed by atoms with Gasteiger partial charge in [0.1, 0.15) is 6.10 Å². The van der Waals surface area contributed by atoms with Crippen LogP contribution in [0.4, 0.5) is 0 Å². The average molecular weight is 332 g/mol. The Morgan fingerprint density at radius 2 is 2.17 bits per heavy atom. The molecule has 7 atom stereocenters. The third-order valence-corrected chi connectivity index (χ3v) is 6.39. The predicted molar refractivity (Wildman–Crippen MR) is 91.2 cm³/mol. The quantitative estimate of drug-likeness (QED) is 0.585. The molecule has 2 fully saturated rings. The van der Waals surface area contributed by atoms with E-state index in [0.717, 1.165) is 12.8 Å². The van der Waals surface area contributed by atoms with Gasteiger partial charge in [-0.25, -0.2) is 4.79 Å². The summed E-state index contributed by atoms with van der Waals surface area (Å²) < 4.78 is 11.9. The minimum absolute atomic E-state index is 0.0984. The van der Waals surface area contributed by atoms with E-state index < -0.39 is 5.41 Å². The van der Waals surface area contributed by atoms with Crippen LogP contribution in [0.15, 0.2) is 24.3 Å². The lowest BCUT2D eigenvalue weighted by atomic mass is 9.67. The summed E-state index contributed by atoms with van der Waals surface area (Å²) >= 11 is 0. The van der Waals surface area contributed by atoms with Crippen LogP contribution in [-0.4, -0.2) is 30.6 Å². The molecule has 132 valence electrons. The highest BCUT2D eigenvalue weighted by molar-refractivity contribution is 5.99. The Hall–Kier alpha value is -1.42. The summed E-state index contributed by atoms with van der Waals surface area (Å²) in [5.74, 6) is 0.297. The molecule has 0 radical (unpaired) electrons. The smallest absolute Gasteiger partial charge is 0.334 e. The van der Waals surface area contributed by atoms with Crippen molar-refractivity contribution in [3.8, 4) is 0 Å². The molecule has 1 aliphatic heterocycles. The van der Waals surface area contributed by atoms with Crippen LogP contribution in [0.5, 0.6) is 0 Å². The summed E-state index contributed by atoms with van der Waals surface area (Å²) in [4.78, 5) is 24.9. The first-order chi connectivity index (χ1) is 11.3. The first-order valence-corrected chi connectivity index (χ1v) is 9.04. The molecule has 4 nitrogen and oxygen atoms in total. The standard InChI is InChI=1S/C20H28O4/c1-6-11(2)10-23-18-17-13(4)19(22)24-15(17)9-12(3)14-7-8-16(21)20(14,18)5/h7-8,11-12,14-15,17-18H,4,6,9-10H2,1-3,5H3. The Labute approximate surface area is 144 Å². The average Bonchev–Trinajstić information content (AvgIpc) is 2.96. The highest BCUT2D eigenvalue weighted by Crippen LogP contribution is 2.54. The molecule has 1 heterocycles. The molecule has 3 aliphatic rings. The zero-order valence-electron chi connectivity index (χ0n) is 15.1. The molecule has 0 bridgehead atoms. The summed E-state index contributed by atoms with van der Waals surface area (Å²) in [7, 11) is 0. The molecule has 0 spiro atoms. The third-order valence-electron chi connectivity index (χ3n) is 6.39. The van der Waals surface area contributed by atoms with Crippen LogP contribution in [0.2, 0.25) is 0 Å². The van der Waals surface area contributed by atoms with Crippen molar-refractivity contribution < 1.29 is 19.1 Å². The van der Waals surface area contributed by atoms with Gasteiger partial charge in [-0.2, -0.15) is 0 Å². The molecule has 3 rings (SSSR count). The monoisotopic (exact) mass is 332 g/mol. The normalized spacial score (nSPS) is 42.5. The van der Waals surface area contributed by atoms with Crippen LogP contribution < -0.4 is 0 Å². The summed E-state index contributed by atoms with van der Waals surface area (Å²) in [5, 5.41) is 0. The van der Waals surface area contributed by atoms with Crippen molar-refractivity contribution >= 4 is 11.8 Å². The van der Waals surface area contributed by atoms with Gasteiger partial charge in [-0.15, -0.1) is 0 Å². The molecule has 0 amide bonds. The van der Waals surface area contributed by atoms with E-state index in [1.807, 2.05) is 13.0 Å². The summed E-state index contributed by atoms with van der Waals surface area (Å²) in [6.07, 6.45) is 4.88. The Morgan fingerprint density at radius 3 is 2.83 bits per heavy atom. The van der Waals surface area contributed by atoms with Gasteiger partial charge in [0.15, 0.2) is 5.78 Å². The van der Waals surface area contributed by atoms with Gasteiger partial charge < -0.3 is 9.47 Å². The number of ketones is 1. The summed E-state index contributed by atoms with van der Waals surface area (Å²) in [6, 6.07) is 0. The van der Waals surface area contributed by atoms with Crippen molar-refractivity contribution in [3.05, 3.63) is 24.3 Å². The number of hydrogen-bond acceptors (Lipinski definition) is 4. The van der Waals surface area contributed by atoms with Crippen LogP contribution in [0.25, 0.3) is 0 Å². The number of fused-ring (bicyclic) bond motifs is 2. The van der Waals surface area contributed by atoms with Gasteiger partial charge in [0.05, 0.1) is 17.4 Å². The molecule has 0 aromatic rings. The molecule has 0 N–H and O–H groups in total. The SMILES string of the molecule is C=C1C(=O)OC2CC(C)C3C=CC(=O)C3(C)C(OCC(C)CC)C12. The van der Waals surface area contributed by atoms with Gasteiger partial charge in [-0.3, -0.25) is 4.79 Å². The van der Waals surface area contributed by atoms with Crippen LogP contribution >= 0.6 is 0 Å². The van der Waals surface area contributed by atoms with Crippen molar-refractivity contribution in [1.82, 2.24) is 0 Å². The molecule has 4 heteroatoms. The Bertz CT molecular complexity index is 592. The molecule has 1 saturated carbocycles. The van der Waals surface area contributed by atoms with E-state index in [4.69, 9.17) is 9.47 Å². The van der Waals surface area contributed by atoms with E-state index in [2.05, 4.69) is 27.4 Å². The molecule has 2 aliphatic carbocycles. The molecule has 0 aromatic heterocycles. The van der Waals surface area contributed by atoms with Crippen molar-refractivity contribution in [1.29, 1.82) is 0 Å². The van der Waals surface area contributed by atoms with Crippen LogP contribution in [0, 0.1) is 29.1 Å². The fraction of sp³-hybridized carbons (Fsp3) is 0.700. The number of rotatable bonds is 4. The number of carbonyl (C=O) groups excluding carboxylic acids is 2. The summed E-state index contributed by atoms with van der Waals surface area (Å²) in [5.41, 5.74) is -0.189. The van der Waals surface area contributed by atoms with Crippen molar-refractivity contribution in [2.45, 2.75) is 52.7 Å². The van der Waals surface area contributed by atoms with E-state index in [-0.39, 0.29) is 41.7 Å². The molecule has 24 heavy (non-hydrogen) atoms. The number of carbonyl (C=O) groups is 2. The first-order valence-electron chi connectivity index (χ1n) is 9.04. The fourth-order valence-corrected chi connectivity index (χ4v) is 4.61. The highest BCUT2D eigenvalue weighted by Gasteiger charge is 2.60. The second kappa shape index (κ2) is 6.14. The van der Waals surface area contributed by atoms with Gasteiger partial charge in [0.25, 0.3) is 0 Å². The fourth-order valence-electron chi connectivity index (χ4n) is 4.61. The third kappa shape index (κ3) is 2.46. The van der Waals surface area contributed by atoms with Gasteiger partial charge in [-0.05, 0) is 37.2 Å². The zero-order chi connectivity index (χ0) is 17.6. The lowest BCUT2D eigenvalue weighted by molar-refractivity contribution is -0.142. The van der Waals surface area contributed by atoms with E-state index in [9.17, 15) is 9.59 Å². The maximum atomic E-state index is 12.8. The van der Waals surface area contributed by atoms with Crippen LogP contribution in [0.1, 0.15) is 40.5 Å². The maximum absolute atomic E-state index is 12.8. The maximum Gasteiger partial charge on any atom is 0.334 e. The van der Waals surface area contributed by atoms with Gasteiger partial charge >= 0.3 is 5.97 Å². The van der Waals surface area contributed by atoms with Crippen LogP contribution in [-0.2, 0) is 19.1 Å².